The van der Waals surface area contributed by atoms with Crippen molar-refractivity contribution in [3.05, 3.63) is 117 Å². The van der Waals surface area contributed by atoms with Crippen LogP contribution in [0.15, 0.2) is 99.2 Å². The summed E-state index contributed by atoms with van der Waals surface area (Å²) >= 11 is 7.17. The number of nitrogens with zero attached hydrogens (tertiary/aromatic N) is 2. The third-order valence-corrected chi connectivity index (χ3v) is 7.13. The molecule has 0 atom stereocenters. The van der Waals surface area contributed by atoms with Gasteiger partial charge in [-0.3, -0.25) is 9.69 Å². The molecule has 2 N–H and O–H groups in total. The van der Waals surface area contributed by atoms with Gasteiger partial charge in [0.25, 0.3) is 5.91 Å². The van der Waals surface area contributed by atoms with Gasteiger partial charge in [-0.2, -0.15) is 0 Å². The molecule has 10 heteroatoms. The van der Waals surface area contributed by atoms with E-state index in [0.29, 0.717) is 32.8 Å². The van der Waals surface area contributed by atoms with Gasteiger partial charge in [-0.05, 0) is 71.9 Å². The number of hydrogen-bond donors (Lipinski definition) is 2. The summed E-state index contributed by atoms with van der Waals surface area (Å²) in [6.45, 7) is 0.195. The quantitative estimate of drug-likeness (QED) is 0.239. The SMILES string of the molecule is O=C(O)c1ccc(CN2C(=O)/C(=C\c3ccc(-c4ccc(Cl)c(C(=O)O)c4)o3)SC2=Nc2ccccc2)cc1. The Bertz CT molecular complexity index is 1640. The highest BCUT2D eigenvalue weighted by Gasteiger charge is 2.34. The number of benzene rings is 3. The van der Waals surface area contributed by atoms with Crippen LogP contribution in [0.1, 0.15) is 32.0 Å². The van der Waals surface area contributed by atoms with Crippen molar-refractivity contribution in [2.75, 3.05) is 0 Å². The minimum Gasteiger partial charge on any atom is -0.478 e. The topological polar surface area (TPSA) is 120 Å². The number of para-hydroxylation sites is 1. The lowest BCUT2D eigenvalue weighted by Gasteiger charge is -2.16. The predicted octanol–water partition coefficient (Wildman–Crippen LogP) is 6.80. The minimum absolute atomic E-state index is 0.0409. The molecule has 194 valence electrons. The number of rotatable bonds is 7. The lowest BCUT2D eigenvalue weighted by Crippen LogP contribution is -2.28. The fourth-order valence-corrected chi connectivity index (χ4v) is 5.01. The second-order valence-electron chi connectivity index (χ2n) is 8.44. The first kappa shape index (κ1) is 26.0. The number of aliphatic imine (C=N–C) groups is 1. The molecule has 0 unspecified atom stereocenters. The summed E-state index contributed by atoms with van der Waals surface area (Å²) in [4.78, 5) is 42.7. The van der Waals surface area contributed by atoms with Gasteiger partial charge in [0.2, 0.25) is 0 Å². The van der Waals surface area contributed by atoms with E-state index in [1.54, 1.807) is 36.4 Å². The number of amides is 1. The van der Waals surface area contributed by atoms with Gasteiger partial charge in [0.1, 0.15) is 11.5 Å². The number of hydrogen-bond acceptors (Lipinski definition) is 6. The number of furan rings is 1. The zero-order chi connectivity index (χ0) is 27.5. The highest BCUT2D eigenvalue weighted by molar-refractivity contribution is 8.18. The van der Waals surface area contributed by atoms with Crippen LogP contribution in [0.2, 0.25) is 5.02 Å². The van der Waals surface area contributed by atoms with Crippen LogP contribution < -0.4 is 0 Å². The van der Waals surface area contributed by atoms with Gasteiger partial charge < -0.3 is 14.6 Å². The van der Waals surface area contributed by atoms with Crippen LogP contribution >= 0.6 is 23.4 Å². The van der Waals surface area contributed by atoms with Gasteiger partial charge in [-0.1, -0.05) is 41.9 Å². The molecule has 0 radical (unpaired) electrons. The first-order valence-corrected chi connectivity index (χ1v) is 12.8. The maximum Gasteiger partial charge on any atom is 0.337 e. The van der Waals surface area contributed by atoms with Gasteiger partial charge in [0.05, 0.1) is 33.3 Å². The number of halogens is 1. The second-order valence-corrected chi connectivity index (χ2v) is 9.85. The molecule has 5 rings (SSSR count). The van der Waals surface area contributed by atoms with Crippen molar-refractivity contribution in [3.63, 3.8) is 0 Å². The van der Waals surface area contributed by atoms with Gasteiger partial charge in [0, 0.05) is 11.6 Å². The average molecular weight is 559 g/mol. The maximum absolute atomic E-state index is 13.5. The van der Waals surface area contributed by atoms with E-state index in [-0.39, 0.29) is 28.6 Å². The monoisotopic (exact) mass is 558 g/mol. The number of carbonyl (C=O) groups excluding carboxylic acids is 1. The average Bonchev–Trinajstić information content (AvgIpc) is 3.50. The molecule has 1 saturated heterocycles. The third-order valence-electron chi connectivity index (χ3n) is 5.79. The third kappa shape index (κ3) is 5.79. The Labute approximate surface area is 231 Å². The minimum atomic E-state index is -1.15. The summed E-state index contributed by atoms with van der Waals surface area (Å²) in [5, 5.41) is 19.1. The Kier molecular flexibility index (Phi) is 7.36. The molecule has 0 bridgehead atoms. The van der Waals surface area contributed by atoms with E-state index in [1.807, 2.05) is 30.3 Å². The maximum atomic E-state index is 13.5. The summed E-state index contributed by atoms with van der Waals surface area (Å²) in [6.07, 6.45) is 1.61. The van der Waals surface area contributed by atoms with Crippen LogP contribution in [0.25, 0.3) is 17.4 Å². The van der Waals surface area contributed by atoms with Crippen molar-refractivity contribution in [2.45, 2.75) is 6.54 Å². The molecule has 1 aliphatic rings. The van der Waals surface area contributed by atoms with E-state index in [9.17, 15) is 24.6 Å². The number of thioether (sulfide) groups is 1. The Morgan fingerprint density at radius 2 is 1.69 bits per heavy atom. The zero-order valence-corrected chi connectivity index (χ0v) is 21.6. The molecule has 3 aromatic carbocycles. The summed E-state index contributed by atoms with van der Waals surface area (Å²) in [6, 6.07) is 23.5. The highest BCUT2D eigenvalue weighted by atomic mass is 35.5. The van der Waals surface area contributed by atoms with Crippen molar-refractivity contribution in [1.82, 2.24) is 4.90 Å². The molecule has 0 aliphatic carbocycles. The molecule has 39 heavy (non-hydrogen) atoms. The Morgan fingerprint density at radius 3 is 2.38 bits per heavy atom. The van der Waals surface area contributed by atoms with E-state index in [0.717, 1.165) is 5.56 Å². The van der Waals surface area contributed by atoms with Gasteiger partial charge in [0.15, 0.2) is 5.17 Å². The van der Waals surface area contributed by atoms with E-state index in [2.05, 4.69) is 4.99 Å². The Morgan fingerprint density at radius 1 is 0.949 bits per heavy atom. The predicted molar refractivity (Wildman–Crippen MR) is 149 cm³/mol. The molecular weight excluding hydrogens is 540 g/mol. The molecule has 1 amide bonds. The largest absolute Gasteiger partial charge is 0.478 e. The van der Waals surface area contributed by atoms with Crippen molar-refractivity contribution in [2.24, 2.45) is 4.99 Å². The number of aromatic carboxylic acids is 2. The molecule has 4 aromatic rings. The summed E-state index contributed by atoms with van der Waals surface area (Å²) < 4.78 is 5.91. The van der Waals surface area contributed by atoms with E-state index < -0.39 is 11.9 Å². The highest BCUT2D eigenvalue weighted by Crippen LogP contribution is 2.36. The fourth-order valence-electron chi connectivity index (χ4n) is 3.84. The van der Waals surface area contributed by atoms with Crippen molar-refractivity contribution in [1.29, 1.82) is 0 Å². The van der Waals surface area contributed by atoms with Gasteiger partial charge in [-0.25, -0.2) is 14.6 Å². The van der Waals surface area contributed by atoms with Crippen LogP contribution in [0.3, 0.4) is 0 Å². The first-order chi connectivity index (χ1) is 18.8. The van der Waals surface area contributed by atoms with Crippen LogP contribution in [-0.2, 0) is 11.3 Å². The van der Waals surface area contributed by atoms with E-state index >= 15 is 0 Å². The van der Waals surface area contributed by atoms with Crippen LogP contribution in [0, 0.1) is 0 Å². The summed E-state index contributed by atoms with van der Waals surface area (Å²) in [5.74, 6) is -1.63. The molecule has 1 aliphatic heterocycles. The zero-order valence-electron chi connectivity index (χ0n) is 20.1. The smallest absolute Gasteiger partial charge is 0.337 e. The first-order valence-electron chi connectivity index (χ1n) is 11.6. The van der Waals surface area contributed by atoms with Crippen molar-refractivity contribution < 1.29 is 29.0 Å². The number of amidine groups is 1. The van der Waals surface area contributed by atoms with E-state index in [1.165, 1.54) is 40.9 Å². The number of carbonyl (C=O) groups is 3. The number of carboxylic acids is 2. The molecule has 0 saturated carbocycles. The van der Waals surface area contributed by atoms with E-state index in [4.69, 9.17) is 16.0 Å². The molecule has 8 nitrogen and oxygen atoms in total. The molecule has 1 fully saturated rings. The molecule has 1 aromatic heterocycles. The van der Waals surface area contributed by atoms with Crippen molar-refractivity contribution >= 4 is 58.1 Å². The molecular formula is C29H19ClN2O6S. The summed E-state index contributed by atoms with van der Waals surface area (Å²) in [5.41, 5.74) is 2.07. The lowest BCUT2D eigenvalue weighted by atomic mass is 10.1. The lowest BCUT2D eigenvalue weighted by molar-refractivity contribution is -0.122. The van der Waals surface area contributed by atoms with Crippen LogP contribution in [0.5, 0.6) is 0 Å². The van der Waals surface area contributed by atoms with Crippen LogP contribution in [0.4, 0.5) is 5.69 Å². The standard InChI is InChI=1S/C29H19ClN2O6S/c30-23-12-10-19(14-22(23)28(36)37)24-13-11-21(38-24)15-25-26(33)32(16-17-6-8-18(9-7-17)27(34)35)29(39-25)31-20-4-2-1-3-5-20/h1-15H,16H2,(H,34,35)(H,36,37)/b25-15+,31-29?. The van der Waals surface area contributed by atoms with Gasteiger partial charge >= 0.3 is 11.9 Å². The molecule has 2 heterocycles. The number of carboxylic acid groups (broad SMARTS) is 2. The summed E-state index contributed by atoms with van der Waals surface area (Å²) in [7, 11) is 0. The second kappa shape index (κ2) is 11.0. The van der Waals surface area contributed by atoms with Gasteiger partial charge in [-0.15, -0.1) is 0 Å². The Balaban J connectivity index is 1.45. The Hall–Kier alpha value is -4.60. The fraction of sp³-hybridized carbons (Fsp3) is 0.0345. The van der Waals surface area contributed by atoms with Crippen molar-refractivity contribution in [3.8, 4) is 11.3 Å². The normalized spacial score (nSPS) is 15.3. The van der Waals surface area contributed by atoms with Crippen LogP contribution in [-0.4, -0.2) is 38.1 Å². The molecule has 0 spiro atoms.